The van der Waals surface area contributed by atoms with Crippen LogP contribution < -0.4 is 0 Å². The molecule has 1 N–H and O–H groups in total. The number of nitrogens with zero attached hydrogens (tertiary/aromatic N) is 1. The molecule has 2 nitrogen and oxygen atoms in total. The highest BCUT2D eigenvalue weighted by Gasteiger charge is 2.10. The minimum atomic E-state index is -0.0792. The molecule has 0 atom stereocenters. The lowest BCUT2D eigenvalue weighted by molar-refractivity contribution is 0.285. The average molecular weight is 221 g/mol. The van der Waals surface area contributed by atoms with Crippen molar-refractivity contribution in [2.45, 2.75) is 11.5 Å². The predicted molar refractivity (Wildman–Crippen MR) is 59.7 cm³/mol. The molecule has 0 radical (unpaired) electrons. The lowest BCUT2D eigenvalue weighted by Crippen LogP contribution is -1.80. The summed E-state index contributed by atoms with van der Waals surface area (Å²) < 4.78 is 0.998. The molecule has 70 valence electrons. The molecule has 1 aromatic carbocycles. The van der Waals surface area contributed by atoms with Crippen LogP contribution in [0, 0.1) is 11.3 Å². The highest BCUT2D eigenvalue weighted by molar-refractivity contribution is 7.80. The van der Waals surface area contributed by atoms with Gasteiger partial charge in [0, 0.05) is 19.9 Å². The fourth-order valence-electron chi connectivity index (χ4n) is 1.37. The first-order valence-electron chi connectivity index (χ1n) is 4.01. The predicted octanol–water partition coefficient (Wildman–Crippen LogP) is 2.55. The lowest BCUT2D eigenvalue weighted by Gasteiger charge is -1.91. The second-order valence-corrected chi connectivity index (χ2v) is 4.50. The summed E-state index contributed by atoms with van der Waals surface area (Å²) in [6.07, 6.45) is 0. The normalized spacial score (nSPS) is 10.4. The number of fused-ring (bicyclic) bond motifs is 1. The Hall–Kier alpha value is -1.02. The van der Waals surface area contributed by atoms with Gasteiger partial charge in [0.05, 0.1) is 12.2 Å². The molecule has 0 aliphatic carbocycles. The van der Waals surface area contributed by atoms with E-state index in [1.807, 2.05) is 18.2 Å². The van der Waals surface area contributed by atoms with Crippen LogP contribution in [0.2, 0.25) is 0 Å². The number of aliphatic hydroxyl groups excluding tert-OH is 1. The summed E-state index contributed by atoms with van der Waals surface area (Å²) in [6, 6.07) is 7.73. The van der Waals surface area contributed by atoms with Crippen molar-refractivity contribution in [2.75, 3.05) is 0 Å². The van der Waals surface area contributed by atoms with Crippen LogP contribution in [0.4, 0.5) is 0 Å². The summed E-state index contributed by atoms with van der Waals surface area (Å²) in [6.45, 7) is -0.0792. The van der Waals surface area contributed by atoms with Crippen LogP contribution >= 0.6 is 24.0 Å². The number of aliphatic hydroxyl groups is 1. The summed E-state index contributed by atoms with van der Waals surface area (Å²) in [4.78, 5) is 1.59. The molecule has 2 rings (SSSR count). The summed E-state index contributed by atoms with van der Waals surface area (Å²) in [5.41, 5.74) is 0.584. The van der Waals surface area contributed by atoms with Gasteiger partial charge in [0.2, 0.25) is 0 Å². The van der Waals surface area contributed by atoms with Gasteiger partial charge in [-0.2, -0.15) is 5.26 Å². The van der Waals surface area contributed by atoms with Crippen LogP contribution in [-0.2, 0) is 6.61 Å². The quantitative estimate of drug-likeness (QED) is 0.727. The first-order valence-corrected chi connectivity index (χ1v) is 5.28. The van der Waals surface area contributed by atoms with Gasteiger partial charge in [0.15, 0.2) is 0 Å². The van der Waals surface area contributed by atoms with Crippen molar-refractivity contribution < 1.29 is 5.11 Å². The summed E-state index contributed by atoms with van der Waals surface area (Å²) in [5, 5.41) is 18.9. The topological polar surface area (TPSA) is 44.0 Å². The Balaban J connectivity index is 2.81. The molecule has 0 bridgehead atoms. The maximum absolute atomic E-state index is 9.06. The zero-order valence-corrected chi connectivity index (χ0v) is 8.90. The third-order valence-corrected chi connectivity index (χ3v) is 3.42. The number of benzene rings is 1. The van der Waals surface area contributed by atoms with E-state index >= 15 is 0 Å². The van der Waals surface area contributed by atoms with Gasteiger partial charge in [-0.05, 0) is 12.1 Å². The molecule has 0 unspecified atom stereocenters. The smallest absolute Gasteiger partial charge is 0.101 e. The van der Waals surface area contributed by atoms with E-state index in [-0.39, 0.29) is 6.61 Å². The molecule has 0 saturated carbocycles. The molecule has 1 aromatic heterocycles. The van der Waals surface area contributed by atoms with Gasteiger partial charge >= 0.3 is 0 Å². The van der Waals surface area contributed by atoms with Crippen LogP contribution in [0.15, 0.2) is 23.1 Å². The van der Waals surface area contributed by atoms with Gasteiger partial charge in [-0.1, -0.05) is 6.07 Å². The number of hydrogen-bond acceptors (Lipinski definition) is 4. The van der Waals surface area contributed by atoms with Crippen molar-refractivity contribution >= 4 is 34.1 Å². The monoisotopic (exact) mass is 221 g/mol. The standard InChI is InChI=1S/C10H7NOS2/c11-4-8-7-2-1-6(13)3-9(7)14-10(8)5-12/h1-3,12-13H,5H2. The number of thiol groups is 1. The van der Waals surface area contributed by atoms with E-state index in [1.165, 1.54) is 11.3 Å². The van der Waals surface area contributed by atoms with Gasteiger partial charge in [0.1, 0.15) is 6.07 Å². The summed E-state index contributed by atoms with van der Waals surface area (Å²) >= 11 is 5.66. The van der Waals surface area contributed by atoms with Gasteiger partial charge in [-0.3, -0.25) is 0 Å². The van der Waals surface area contributed by atoms with E-state index in [0.717, 1.165) is 19.9 Å². The van der Waals surface area contributed by atoms with E-state index in [2.05, 4.69) is 18.7 Å². The third-order valence-electron chi connectivity index (χ3n) is 2.00. The van der Waals surface area contributed by atoms with Crippen molar-refractivity contribution in [3.05, 3.63) is 28.6 Å². The molecule has 4 heteroatoms. The Labute approximate surface area is 90.8 Å². The molecule has 14 heavy (non-hydrogen) atoms. The van der Waals surface area contributed by atoms with Crippen LogP contribution in [0.3, 0.4) is 0 Å². The van der Waals surface area contributed by atoms with Crippen molar-refractivity contribution in [1.82, 2.24) is 0 Å². The summed E-state index contributed by atoms with van der Waals surface area (Å²) in [7, 11) is 0. The number of hydrogen-bond donors (Lipinski definition) is 2. The van der Waals surface area contributed by atoms with Crippen molar-refractivity contribution in [1.29, 1.82) is 5.26 Å². The summed E-state index contributed by atoms with van der Waals surface area (Å²) in [5.74, 6) is 0. The zero-order valence-electron chi connectivity index (χ0n) is 7.19. The van der Waals surface area contributed by atoms with Gasteiger partial charge in [-0.25, -0.2) is 0 Å². The van der Waals surface area contributed by atoms with E-state index < -0.39 is 0 Å². The highest BCUT2D eigenvalue weighted by atomic mass is 32.1. The van der Waals surface area contributed by atoms with Gasteiger partial charge < -0.3 is 5.11 Å². The molecule has 0 aliphatic heterocycles. The van der Waals surface area contributed by atoms with Crippen LogP contribution in [0.25, 0.3) is 10.1 Å². The molecule has 0 saturated heterocycles. The molecular weight excluding hydrogens is 214 g/mol. The average Bonchev–Trinajstić information content (AvgIpc) is 2.54. The number of rotatable bonds is 1. The highest BCUT2D eigenvalue weighted by Crippen LogP contribution is 2.32. The molecule has 0 fully saturated rings. The SMILES string of the molecule is N#Cc1c(CO)sc2cc(S)ccc12. The van der Waals surface area contributed by atoms with E-state index in [9.17, 15) is 0 Å². The molecule has 0 amide bonds. The Morgan fingerprint density at radius 2 is 2.29 bits per heavy atom. The first kappa shape index (κ1) is 9.53. The van der Waals surface area contributed by atoms with Crippen molar-refractivity contribution in [3.63, 3.8) is 0 Å². The van der Waals surface area contributed by atoms with Crippen LogP contribution in [-0.4, -0.2) is 5.11 Å². The molecule has 1 heterocycles. The van der Waals surface area contributed by atoms with E-state index in [0.29, 0.717) is 5.56 Å². The first-order chi connectivity index (χ1) is 6.76. The van der Waals surface area contributed by atoms with Crippen LogP contribution in [0.5, 0.6) is 0 Å². The molecule has 0 aliphatic rings. The van der Waals surface area contributed by atoms with Crippen molar-refractivity contribution in [3.8, 4) is 6.07 Å². The second-order valence-electron chi connectivity index (χ2n) is 2.85. The Morgan fingerprint density at radius 3 is 2.93 bits per heavy atom. The lowest BCUT2D eigenvalue weighted by atomic mass is 10.1. The Bertz CT molecular complexity index is 525. The molecule has 0 spiro atoms. The number of thiophene rings is 1. The van der Waals surface area contributed by atoms with Crippen LogP contribution in [0.1, 0.15) is 10.4 Å². The second kappa shape index (κ2) is 3.62. The van der Waals surface area contributed by atoms with E-state index in [4.69, 9.17) is 10.4 Å². The number of nitriles is 1. The Morgan fingerprint density at radius 1 is 1.50 bits per heavy atom. The Kier molecular flexibility index (Phi) is 2.46. The maximum Gasteiger partial charge on any atom is 0.101 e. The van der Waals surface area contributed by atoms with Gasteiger partial charge in [-0.15, -0.1) is 24.0 Å². The third kappa shape index (κ3) is 1.40. The fraction of sp³-hybridized carbons (Fsp3) is 0.100. The molecular formula is C10H7NOS2. The minimum Gasteiger partial charge on any atom is -0.391 e. The van der Waals surface area contributed by atoms with E-state index in [1.54, 1.807) is 0 Å². The van der Waals surface area contributed by atoms with Crippen molar-refractivity contribution in [2.24, 2.45) is 0 Å². The maximum atomic E-state index is 9.06. The fourth-order valence-corrected chi connectivity index (χ4v) is 2.71. The minimum absolute atomic E-state index is 0.0792. The zero-order chi connectivity index (χ0) is 10.1. The van der Waals surface area contributed by atoms with Gasteiger partial charge in [0.25, 0.3) is 0 Å². The largest absolute Gasteiger partial charge is 0.391 e. The molecule has 2 aromatic rings.